The van der Waals surface area contributed by atoms with E-state index in [0.29, 0.717) is 5.69 Å². The number of hydrazone groups is 1. The molecule has 1 aliphatic heterocycles. The molecule has 0 saturated heterocycles. The quantitative estimate of drug-likeness (QED) is 0.0483. The van der Waals surface area contributed by atoms with Crippen LogP contribution in [0.2, 0.25) is 0 Å². The number of carboxylic acid groups (broad SMARTS) is 1. The lowest BCUT2D eigenvalue weighted by molar-refractivity contribution is -0.129. The lowest BCUT2D eigenvalue weighted by Crippen LogP contribution is -2.26. The molecule has 0 atom stereocenters. The predicted octanol–water partition coefficient (Wildman–Crippen LogP) is 19.2. The van der Waals surface area contributed by atoms with Gasteiger partial charge in [-0.3, -0.25) is 4.79 Å². The summed E-state index contributed by atoms with van der Waals surface area (Å²) in [7, 11) is 0. The topological polar surface area (TPSA) is 73.2 Å². The molecular weight excluding hydrogens is 951 g/mol. The van der Waals surface area contributed by atoms with Crippen LogP contribution in [0.4, 0.5) is 22.7 Å². The predicted molar refractivity (Wildman–Crippen MR) is 320 cm³/mol. The van der Waals surface area contributed by atoms with E-state index in [1.54, 1.807) is 29.5 Å². The first-order valence-corrected chi connectivity index (χ1v) is 29.5. The normalized spacial score (nSPS) is 15.2. The molecule has 0 spiro atoms. The summed E-state index contributed by atoms with van der Waals surface area (Å²) in [6.45, 7) is 11.5. The molecule has 7 heteroatoms. The molecular formula is C69H75N3O3S. The summed E-state index contributed by atoms with van der Waals surface area (Å²) in [6, 6.07) is 53.5. The first-order chi connectivity index (χ1) is 37.2. The van der Waals surface area contributed by atoms with Crippen molar-refractivity contribution in [3.8, 4) is 32.7 Å². The number of anilines is 4. The number of aliphatic carboxylic acids is 1. The minimum Gasteiger partial charge on any atom is -0.476 e. The molecule has 3 aliphatic rings. The third-order valence-corrected chi connectivity index (χ3v) is 17.9. The van der Waals surface area contributed by atoms with Crippen LogP contribution in [0.3, 0.4) is 0 Å². The van der Waals surface area contributed by atoms with E-state index in [2.05, 4.69) is 160 Å². The summed E-state index contributed by atoms with van der Waals surface area (Å²) in [5, 5.41) is 15.8. The van der Waals surface area contributed by atoms with Gasteiger partial charge in [-0.2, -0.15) is 10.1 Å². The summed E-state index contributed by atoms with van der Waals surface area (Å²) in [4.78, 5) is 31.0. The molecule has 0 unspecified atom stereocenters. The second-order valence-electron chi connectivity index (χ2n) is 21.6. The highest BCUT2D eigenvalue weighted by molar-refractivity contribution is 7.16. The fourth-order valence-electron chi connectivity index (χ4n) is 12.9. The third-order valence-electron chi connectivity index (χ3n) is 16.7. The lowest BCUT2D eigenvalue weighted by Gasteiger charge is -2.35. The van der Waals surface area contributed by atoms with E-state index in [1.807, 2.05) is 18.2 Å². The zero-order chi connectivity index (χ0) is 52.8. The van der Waals surface area contributed by atoms with Crippen LogP contribution in [0.1, 0.15) is 170 Å². The Kier molecular flexibility index (Phi) is 16.1. The standard InChI is InChI=1S/C69H75N3O3S/c1-6-11-16-18-25-49-44-54(47-59-64(67(74)75)70-72(66(59)73)51-26-19-17-20-27-51)76-65(49)48-32-34-50(35-33-48)71(52-36-38-57-55-28-21-23-30-60(55)68(40-12-7-2,41-13-8-3)62(57)45-52)53-37-39-58-56-29-22-24-31-61(56)69(42-14-9-4,43-15-10-5)63(58)46-53/h17,19-24,26-39,44-47H,6-16,18,25,40-43H2,1-5H3,(H,74,75)/b59-47-. The third kappa shape index (κ3) is 9.81. The van der Waals surface area contributed by atoms with Gasteiger partial charge in [-0.25, -0.2) is 4.79 Å². The molecule has 6 aromatic carbocycles. The van der Waals surface area contributed by atoms with E-state index >= 15 is 0 Å². The van der Waals surface area contributed by atoms with Gasteiger partial charge in [0.15, 0.2) is 5.71 Å². The van der Waals surface area contributed by atoms with Crippen molar-refractivity contribution in [2.24, 2.45) is 5.10 Å². The summed E-state index contributed by atoms with van der Waals surface area (Å²) < 4.78 is 0. The molecule has 1 aromatic heterocycles. The maximum atomic E-state index is 13.9. The minimum atomic E-state index is -1.23. The van der Waals surface area contributed by atoms with E-state index in [1.165, 1.54) is 98.6 Å². The molecule has 0 radical (unpaired) electrons. The number of para-hydroxylation sites is 1. The van der Waals surface area contributed by atoms with Crippen LogP contribution in [0.15, 0.2) is 156 Å². The molecule has 0 fully saturated rings. The Morgan fingerprint density at radius 2 is 1.04 bits per heavy atom. The van der Waals surface area contributed by atoms with Crippen molar-refractivity contribution in [1.82, 2.24) is 0 Å². The van der Waals surface area contributed by atoms with Crippen LogP contribution in [0, 0.1) is 0 Å². The molecule has 2 aliphatic carbocycles. The van der Waals surface area contributed by atoms with Crippen molar-refractivity contribution in [1.29, 1.82) is 0 Å². The van der Waals surface area contributed by atoms with E-state index in [0.717, 1.165) is 98.1 Å². The number of unbranched alkanes of at least 4 members (excludes halogenated alkanes) is 7. The number of carbonyl (C=O) groups excluding carboxylic acids is 1. The van der Waals surface area contributed by atoms with Gasteiger partial charge in [-0.05, 0) is 155 Å². The summed E-state index contributed by atoms with van der Waals surface area (Å²) in [6.07, 6.45) is 21.0. The zero-order valence-corrected chi connectivity index (χ0v) is 46.3. The number of hydrogen-bond donors (Lipinski definition) is 1. The molecule has 0 bridgehead atoms. The first kappa shape index (κ1) is 52.6. The van der Waals surface area contributed by atoms with Crippen molar-refractivity contribution < 1.29 is 14.7 Å². The lowest BCUT2D eigenvalue weighted by atomic mass is 9.70. The maximum absolute atomic E-state index is 13.9. The first-order valence-electron chi connectivity index (χ1n) is 28.7. The molecule has 2 heterocycles. The van der Waals surface area contributed by atoms with Gasteiger partial charge in [0.2, 0.25) is 0 Å². The Bertz CT molecular complexity index is 3140. The van der Waals surface area contributed by atoms with Crippen molar-refractivity contribution in [3.63, 3.8) is 0 Å². The van der Waals surface area contributed by atoms with E-state index in [4.69, 9.17) is 0 Å². The van der Waals surface area contributed by atoms with Crippen LogP contribution < -0.4 is 9.91 Å². The Labute approximate surface area is 456 Å². The maximum Gasteiger partial charge on any atom is 0.357 e. The minimum absolute atomic E-state index is 0.0573. The molecule has 390 valence electrons. The number of thiophene rings is 1. The largest absolute Gasteiger partial charge is 0.476 e. The molecule has 0 saturated carbocycles. The number of aryl methyl sites for hydroxylation is 1. The van der Waals surface area contributed by atoms with Crippen LogP contribution >= 0.6 is 11.3 Å². The summed E-state index contributed by atoms with van der Waals surface area (Å²) in [5.41, 5.74) is 17.4. The van der Waals surface area contributed by atoms with Crippen LogP contribution in [-0.4, -0.2) is 22.7 Å². The second-order valence-corrected chi connectivity index (χ2v) is 22.7. The average Bonchev–Trinajstić information content (AvgIpc) is 4.31. The number of nitrogens with zero attached hydrogens (tertiary/aromatic N) is 3. The Hall–Kier alpha value is -6.83. The van der Waals surface area contributed by atoms with Gasteiger partial charge in [0, 0.05) is 37.6 Å². The summed E-state index contributed by atoms with van der Waals surface area (Å²) >= 11 is 1.61. The molecule has 76 heavy (non-hydrogen) atoms. The Morgan fingerprint density at radius 1 is 0.553 bits per heavy atom. The van der Waals surface area contributed by atoms with Crippen molar-refractivity contribution in [3.05, 3.63) is 184 Å². The second kappa shape index (κ2) is 23.2. The SMILES string of the molecule is CCCCCCc1cc(/C=C2\C(=O)N(c3ccccc3)N=C2C(=O)O)sc1-c1ccc(N(c2ccc3c(c2)C(CCCC)(CCCC)c2ccccc2-3)c2ccc3c(c2)C(CCCC)(CCCC)c2ccccc2-3)cc1. The molecule has 10 rings (SSSR count). The molecule has 6 nitrogen and oxygen atoms in total. The average molecular weight is 1030 g/mol. The van der Waals surface area contributed by atoms with Gasteiger partial charge in [0.25, 0.3) is 5.91 Å². The number of rotatable bonds is 24. The monoisotopic (exact) mass is 1030 g/mol. The number of fused-ring (bicyclic) bond motifs is 6. The van der Waals surface area contributed by atoms with Gasteiger partial charge < -0.3 is 10.0 Å². The Balaban J connectivity index is 1.11. The van der Waals surface area contributed by atoms with Crippen molar-refractivity contribution >= 4 is 57.8 Å². The van der Waals surface area contributed by atoms with Crippen LogP contribution in [-0.2, 0) is 26.8 Å². The van der Waals surface area contributed by atoms with E-state index in [-0.39, 0.29) is 22.1 Å². The van der Waals surface area contributed by atoms with E-state index in [9.17, 15) is 14.7 Å². The van der Waals surface area contributed by atoms with E-state index < -0.39 is 11.9 Å². The van der Waals surface area contributed by atoms with Gasteiger partial charge in [0.05, 0.1) is 11.3 Å². The molecule has 7 aromatic rings. The van der Waals surface area contributed by atoms with Crippen molar-refractivity contribution in [2.45, 2.75) is 155 Å². The van der Waals surface area contributed by atoms with Gasteiger partial charge >= 0.3 is 5.97 Å². The van der Waals surface area contributed by atoms with Gasteiger partial charge in [-0.1, -0.05) is 196 Å². The highest BCUT2D eigenvalue weighted by Crippen LogP contribution is 2.58. The number of amides is 1. The smallest absolute Gasteiger partial charge is 0.357 e. The van der Waals surface area contributed by atoms with Crippen LogP contribution in [0.5, 0.6) is 0 Å². The van der Waals surface area contributed by atoms with Crippen LogP contribution in [0.25, 0.3) is 38.8 Å². The number of benzene rings is 6. The van der Waals surface area contributed by atoms with Gasteiger partial charge in [0.1, 0.15) is 0 Å². The van der Waals surface area contributed by atoms with Gasteiger partial charge in [-0.15, -0.1) is 11.3 Å². The van der Waals surface area contributed by atoms with Crippen molar-refractivity contribution in [2.75, 3.05) is 9.91 Å². The number of carbonyl (C=O) groups is 2. The Morgan fingerprint density at radius 3 is 1.55 bits per heavy atom. The fraction of sp³-hybridized carbons (Fsp3) is 0.348. The fourth-order valence-corrected chi connectivity index (χ4v) is 14.1. The number of hydrogen-bond acceptors (Lipinski definition) is 5. The molecule has 1 amide bonds. The highest BCUT2D eigenvalue weighted by atomic mass is 32.1. The zero-order valence-electron chi connectivity index (χ0n) is 45.5. The molecule has 1 N–H and O–H groups in total. The highest BCUT2D eigenvalue weighted by Gasteiger charge is 2.44. The summed E-state index contributed by atoms with van der Waals surface area (Å²) in [5.74, 6) is -1.67. The number of carboxylic acids is 1.